The van der Waals surface area contributed by atoms with Crippen LogP contribution in [0.2, 0.25) is 0 Å². The van der Waals surface area contributed by atoms with Gasteiger partial charge in [0.1, 0.15) is 11.9 Å². The predicted octanol–water partition coefficient (Wildman–Crippen LogP) is 1.30. The Morgan fingerprint density at radius 3 is 2.74 bits per heavy atom. The summed E-state index contributed by atoms with van der Waals surface area (Å²) in [5, 5.41) is 10.0. The first-order chi connectivity index (χ1) is 8.91. The Kier molecular flexibility index (Phi) is 3.57. The van der Waals surface area contributed by atoms with Crippen LogP contribution in [0.1, 0.15) is 25.5 Å². The van der Waals surface area contributed by atoms with Crippen LogP contribution in [0.5, 0.6) is 5.75 Å². The molecule has 0 spiro atoms. The van der Waals surface area contributed by atoms with E-state index < -0.39 is 6.10 Å². The van der Waals surface area contributed by atoms with E-state index in [9.17, 15) is 14.7 Å². The van der Waals surface area contributed by atoms with Gasteiger partial charge in [-0.25, -0.2) is 0 Å². The van der Waals surface area contributed by atoms with Crippen LogP contribution in [-0.4, -0.2) is 30.5 Å². The van der Waals surface area contributed by atoms with Gasteiger partial charge in [0.15, 0.2) is 12.4 Å². The van der Waals surface area contributed by atoms with E-state index in [2.05, 4.69) is 0 Å². The Morgan fingerprint density at radius 2 is 2.11 bits per heavy atom. The molecular weight excluding hydrogens is 246 g/mol. The summed E-state index contributed by atoms with van der Waals surface area (Å²) in [6.07, 6.45) is -1.17. The van der Waals surface area contributed by atoms with Gasteiger partial charge in [-0.1, -0.05) is 19.9 Å². The second kappa shape index (κ2) is 5.01. The van der Waals surface area contributed by atoms with Gasteiger partial charge in [-0.15, -0.1) is 0 Å². The molecule has 5 heteroatoms. The molecule has 1 aromatic rings. The molecule has 1 aliphatic heterocycles. The average Bonchev–Trinajstić information content (AvgIpc) is 2.41. The van der Waals surface area contributed by atoms with E-state index in [1.807, 2.05) is 0 Å². The number of hydrogen-bond donors (Lipinski definition) is 1. The molecule has 0 aliphatic carbocycles. The number of aliphatic hydroxyl groups is 1. The number of rotatable bonds is 3. The first-order valence-electron chi connectivity index (χ1n) is 6.17. The third-order valence-corrected chi connectivity index (χ3v) is 3.22. The molecule has 19 heavy (non-hydrogen) atoms. The second-order valence-electron chi connectivity index (χ2n) is 4.93. The minimum Gasteiger partial charge on any atom is -0.482 e. The Labute approximate surface area is 111 Å². The Hall–Kier alpha value is -1.88. The van der Waals surface area contributed by atoms with Gasteiger partial charge >= 0.3 is 0 Å². The number of ether oxygens (including phenoxy) is 1. The van der Waals surface area contributed by atoms with E-state index in [0.29, 0.717) is 17.0 Å². The number of carbonyl (C=O) groups excluding carboxylic acids is 2. The molecule has 1 atom stereocenters. The number of carbonyl (C=O) groups is 2. The molecule has 102 valence electrons. The SMILES string of the molecule is CC(C)C(=O)C(O)c1ccc2c(c1)N(C)C(=O)CO2. The summed E-state index contributed by atoms with van der Waals surface area (Å²) in [6, 6.07) is 4.94. The zero-order valence-corrected chi connectivity index (χ0v) is 11.2. The lowest BCUT2D eigenvalue weighted by Gasteiger charge is -2.27. The number of hydrogen-bond acceptors (Lipinski definition) is 4. The maximum absolute atomic E-state index is 11.8. The minimum absolute atomic E-state index is 0.0102. The maximum atomic E-state index is 11.8. The first kappa shape index (κ1) is 13.5. The van der Waals surface area contributed by atoms with Gasteiger partial charge in [-0.05, 0) is 17.7 Å². The number of nitrogens with zero attached hydrogens (tertiary/aromatic N) is 1. The van der Waals surface area contributed by atoms with Crippen LogP contribution in [0.25, 0.3) is 0 Å². The van der Waals surface area contributed by atoms with Crippen molar-refractivity contribution in [3.63, 3.8) is 0 Å². The quantitative estimate of drug-likeness (QED) is 0.892. The topological polar surface area (TPSA) is 66.8 Å². The van der Waals surface area contributed by atoms with E-state index in [0.717, 1.165) is 0 Å². The number of benzene rings is 1. The molecule has 0 fully saturated rings. The predicted molar refractivity (Wildman–Crippen MR) is 70.2 cm³/mol. The van der Waals surface area contributed by atoms with Gasteiger partial charge in [0.2, 0.25) is 0 Å². The van der Waals surface area contributed by atoms with E-state index in [4.69, 9.17) is 4.74 Å². The molecule has 1 unspecified atom stereocenters. The van der Waals surface area contributed by atoms with Crippen molar-refractivity contribution in [3.8, 4) is 5.75 Å². The van der Waals surface area contributed by atoms with E-state index >= 15 is 0 Å². The van der Waals surface area contributed by atoms with Gasteiger partial charge in [0, 0.05) is 13.0 Å². The van der Waals surface area contributed by atoms with E-state index in [1.165, 1.54) is 4.90 Å². The fourth-order valence-electron chi connectivity index (χ4n) is 1.94. The smallest absolute Gasteiger partial charge is 0.264 e. The van der Waals surface area contributed by atoms with Crippen molar-refractivity contribution in [1.29, 1.82) is 0 Å². The van der Waals surface area contributed by atoms with Gasteiger partial charge in [0.05, 0.1) is 5.69 Å². The van der Waals surface area contributed by atoms with Crippen molar-refractivity contribution in [2.75, 3.05) is 18.6 Å². The third kappa shape index (κ3) is 2.46. The molecule has 1 amide bonds. The molecule has 1 aromatic carbocycles. The van der Waals surface area contributed by atoms with E-state index in [-0.39, 0.29) is 24.2 Å². The van der Waals surface area contributed by atoms with Crippen LogP contribution in [0.4, 0.5) is 5.69 Å². The lowest BCUT2D eigenvalue weighted by atomic mass is 9.97. The Balaban J connectivity index is 2.35. The fraction of sp³-hybridized carbons (Fsp3) is 0.429. The number of likely N-dealkylation sites (N-methyl/N-ethyl adjacent to an activating group) is 1. The number of ketones is 1. The number of amides is 1. The average molecular weight is 263 g/mol. The standard InChI is InChI=1S/C14H17NO4/c1-8(2)13(17)14(18)9-4-5-11-10(6-9)15(3)12(16)7-19-11/h4-6,8,14,18H,7H2,1-3H3. The summed E-state index contributed by atoms with van der Waals surface area (Å²) in [5.41, 5.74) is 1.05. The summed E-state index contributed by atoms with van der Waals surface area (Å²) in [5.74, 6) is -0.0725. The summed E-state index contributed by atoms with van der Waals surface area (Å²) in [4.78, 5) is 24.8. The second-order valence-corrected chi connectivity index (χ2v) is 4.93. The van der Waals surface area contributed by atoms with Gasteiger partial charge in [-0.2, -0.15) is 0 Å². The van der Waals surface area contributed by atoms with Gasteiger partial charge < -0.3 is 14.7 Å². The van der Waals surface area contributed by atoms with Crippen LogP contribution >= 0.6 is 0 Å². The highest BCUT2D eigenvalue weighted by atomic mass is 16.5. The molecule has 1 aliphatic rings. The van der Waals surface area contributed by atoms with Crippen molar-refractivity contribution in [1.82, 2.24) is 0 Å². The van der Waals surface area contributed by atoms with Crippen molar-refractivity contribution in [2.45, 2.75) is 20.0 Å². The van der Waals surface area contributed by atoms with E-state index in [1.54, 1.807) is 39.1 Å². The lowest BCUT2D eigenvalue weighted by Crippen LogP contribution is -2.35. The van der Waals surface area contributed by atoms with Crippen LogP contribution in [0, 0.1) is 5.92 Å². The third-order valence-electron chi connectivity index (χ3n) is 3.22. The molecule has 1 N–H and O–H groups in total. The van der Waals surface area contributed by atoms with Crippen molar-refractivity contribution in [2.24, 2.45) is 5.92 Å². The van der Waals surface area contributed by atoms with Crippen LogP contribution < -0.4 is 9.64 Å². The normalized spacial score (nSPS) is 16.1. The fourth-order valence-corrected chi connectivity index (χ4v) is 1.94. The zero-order valence-electron chi connectivity index (χ0n) is 11.2. The monoisotopic (exact) mass is 263 g/mol. The van der Waals surface area contributed by atoms with Crippen LogP contribution in [0.3, 0.4) is 0 Å². The summed E-state index contributed by atoms with van der Waals surface area (Å²) < 4.78 is 5.29. The molecule has 1 heterocycles. The van der Waals surface area contributed by atoms with Crippen molar-refractivity contribution >= 4 is 17.4 Å². The summed E-state index contributed by atoms with van der Waals surface area (Å²) in [6.45, 7) is 3.49. The van der Waals surface area contributed by atoms with Crippen molar-refractivity contribution in [3.05, 3.63) is 23.8 Å². The molecular formula is C14H17NO4. The van der Waals surface area contributed by atoms with Crippen molar-refractivity contribution < 1.29 is 19.4 Å². The molecule has 0 bridgehead atoms. The molecule has 2 rings (SSSR count). The highest BCUT2D eigenvalue weighted by Crippen LogP contribution is 2.34. The van der Waals surface area contributed by atoms with Crippen LogP contribution in [-0.2, 0) is 9.59 Å². The maximum Gasteiger partial charge on any atom is 0.264 e. The van der Waals surface area contributed by atoms with Crippen LogP contribution in [0.15, 0.2) is 18.2 Å². The number of fused-ring (bicyclic) bond motifs is 1. The minimum atomic E-state index is -1.17. The highest BCUT2D eigenvalue weighted by molar-refractivity contribution is 5.97. The number of aliphatic hydroxyl groups excluding tert-OH is 1. The summed E-state index contributed by atoms with van der Waals surface area (Å²) >= 11 is 0. The Morgan fingerprint density at radius 1 is 1.42 bits per heavy atom. The molecule has 0 aromatic heterocycles. The molecule has 0 saturated carbocycles. The molecule has 0 radical (unpaired) electrons. The van der Waals surface area contributed by atoms with Gasteiger partial charge in [0.25, 0.3) is 5.91 Å². The Bertz CT molecular complexity index is 524. The zero-order chi connectivity index (χ0) is 14.2. The summed E-state index contributed by atoms with van der Waals surface area (Å²) in [7, 11) is 1.64. The molecule has 5 nitrogen and oxygen atoms in total. The number of anilines is 1. The first-order valence-corrected chi connectivity index (χ1v) is 6.17. The highest BCUT2D eigenvalue weighted by Gasteiger charge is 2.26. The number of Topliss-reactive ketones (excluding diaryl/α,β-unsaturated/α-hetero) is 1. The largest absolute Gasteiger partial charge is 0.482 e. The lowest BCUT2D eigenvalue weighted by molar-refractivity contribution is -0.130. The molecule has 0 saturated heterocycles. The van der Waals surface area contributed by atoms with Gasteiger partial charge in [-0.3, -0.25) is 9.59 Å².